The van der Waals surface area contributed by atoms with E-state index in [1.54, 1.807) is 14.2 Å². The summed E-state index contributed by atoms with van der Waals surface area (Å²) >= 11 is 7.29. The number of benzene rings is 2. The van der Waals surface area contributed by atoms with E-state index in [2.05, 4.69) is 4.90 Å². The Morgan fingerprint density at radius 1 is 1.09 bits per heavy atom. The molecule has 7 nitrogen and oxygen atoms in total. The van der Waals surface area contributed by atoms with Crippen LogP contribution >= 0.6 is 22.9 Å². The summed E-state index contributed by atoms with van der Waals surface area (Å²) in [7, 11) is -0.492. The zero-order chi connectivity index (χ0) is 23.6. The number of thiazole rings is 1. The first kappa shape index (κ1) is 23.7. The van der Waals surface area contributed by atoms with Crippen LogP contribution in [0.3, 0.4) is 0 Å². The molecule has 33 heavy (non-hydrogen) atoms. The highest BCUT2D eigenvalue weighted by atomic mass is 35.5. The van der Waals surface area contributed by atoms with E-state index in [1.165, 1.54) is 21.7 Å². The smallest absolute Gasteiger partial charge is 0.243 e. The number of halogens is 2. The molecule has 3 aromatic rings. The molecule has 0 saturated carbocycles. The van der Waals surface area contributed by atoms with Gasteiger partial charge < -0.3 is 14.4 Å². The van der Waals surface area contributed by atoms with Crippen molar-refractivity contribution in [3.63, 3.8) is 0 Å². The van der Waals surface area contributed by atoms with Gasteiger partial charge in [-0.15, -0.1) is 11.3 Å². The van der Waals surface area contributed by atoms with Crippen molar-refractivity contribution >= 4 is 38.1 Å². The summed E-state index contributed by atoms with van der Waals surface area (Å²) in [5, 5.41) is 2.63. The summed E-state index contributed by atoms with van der Waals surface area (Å²) in [4.78, 5) is 6.81. The van der Waals surface area contributed by atoms with Gasteiger partial charge in [-0.3, -0.25) is 0 Å². The number of methoxy groups -OCH3 is 2. The quantitative estimate of drug-likeness (QED) is 0.476. The Balaban J connectivity index is 1.43. The maximum atomic E-state index is 13.4. The molecule has 0 bridgehead atoms. The summed E-state index contributed by atoms with van der Waals surface area (Å²) in [5.41, 5.74) is 1.88. The van der Waals surface area contributed by atoms with Crippen molar-refractivity contribution < 1.29 is 22.3 Å². The van der Waals surface area contributed by atoms with E-state index >= 15 is 0 Å². The fourth-order valence-electron chi connectivity index (χ4n) is 3.64. The predicted molar refractivity (Wildman–Crippen MR) is 127 cm³/mol. The molecule has 176 valence electrons. The Bertz CT molecular complexity index is 1240. The number of anilines is 1. The molecule has 2 heterocycles. The Kier molecular flexibility index (Phi) is 7.08. The summed E-state index contributed by atoms with van der Waals surface area (Å²) < 4.78 is 51.4. The highest BCUT2D eigenvalue weighted by Crippen LogP contribution is 2.30. The Hall–Kier alpha value is -2.40. The molecule has 0 spiro atoms. The van der Waals surface area contributed by atoms with Gasteiger partial charge in [-0.05, 0) is 36.4 Å². The first-order valence-corrected chi connectivity index (χ1v) is 12.9. The van der Waals surface area contributed by atoms with Crippen LogP contribution in [0.4, 0.5) is 9.52 Å². The van der Waals surface area contributed by atoms with Gasteiger partial charge in [-0.2, -0.15) is 4.31 Å². The lowest BCUT2D eigenvalue weighted by atomic mass is 10.1. The number of hydrogen-bond acceptors (Lipinski definition) is 7. The highest BCUT2D eigenvalue weighted by molar-refractivity contribution is 7.89. The molecule has 2 aromatic carbocycles. The van der Waals surface area contributed by atoms with Gasteiger partial charge in [0.25, 0.3) is 0 Å². The second kappa shape index (κ2) is 9.84. The summed E-state index contributed by atoms with van der Waals surface area (Å²) in [6.45, 7) is 1.61. The zero-order valence-corrected chi connectivity index (χ0v) is 20.5. The Morgan fingerprint density at radius 2 is 1.85 bits per heavy atom. The molecule has 0 aliphatic carbocycles. The molecular formula is C22H23ClFN3O4S2. The number of rotatable bonds is 7. The van der Waals surface area contributed by atoms with Crippen LogP contribution in [0.2, 0.25) is 5.02 Å². The SMILES string of the molecule is COc1ccc(OC)c(Cc2csc(N3CCN(S(=O)(=O)c4ccc(F)c(Cl)c4)CC3)n2)c1. The average molecular weight is 512 g/mol. The maximum Gasteiger partial charge on any atom is 0.243 e. The molecule has 1 saturated heterocycles. The van der Waals surface area contributed by atoms with Crippen LogP contribution in [0.15, 0.2) is 46.7 Å². The Labute approximate surface area is 201 Å². The second-order valence-electron chi connectivity index (χ2n) is 7.44. The molecule has 4 rings (SSSR count). The molecule has 0 radical (unpaired) electrons. The Morgan fingerprint density at radius 3 is 2.52 bits per heavy atom. The van der Waals surface area contributed by atoms with Gasteiger partial charge in [-0.25, -0.2) is 17.8 Å². The molecule has 1 fully saturated rings. The van der Waals surface area contributed by atoms with E-state index in [0.717, 1.165) is 40.0 Å². The normalized spacial score (nSPS) is 15.0. The van der Waals surface area contributed by atoms with Crippen molar-refractivity contribution in [2.75, 3.05) is 45.3 Å². The summed E-state index contributed by atoms with van der Waals surface area (Å²) in [6, 6.07) is 9.11. The van der Waals surface area contributed by atoms with E-state index in [1.807, 2.05) is 23.6 Å². The van der Waals surface area contributed by atoms with Gasteiger partial charge in [0.15, 0.2) is 5.13 Å². The van der Waals surface area contributed by atoms with Crippen LogP contribution in [0.1, 0.15) is 11.3 Å². The van der Waals surface area contributed by atoms with Crippen LogP contribution in [0, 0.1) is 5.82 Å². The lowest BCUT2D eigenvalue weighted by Crippen LogP contribution is -2.48. The topological polar surface area (TPSA) is 72.0 Å². The number of hydrogen-bond donors (Lipinski definition) is 0. The molecule has 0 amide bonds. The fourth-order valence-corrected chi connectivity index (χ4v) is 6.22. The third kappa shape index (κ3) is 5.08. The van der Waals surface area contributed by atoms with Gasteiger partial charge in [0.1, 0.15) is 17.3 Å². The largest absolute Gasteiger partial charge is 0.497 e. The predicted octanol–water partition coefficient (Wildman–Crippen LogP) is 4.05. The molecule has 1 aromatic heterocycles. The zero-order valence-electron chi connectivity index (χ0n) is 18.1. The number of aromatic nitrogens is 1. The van der Waals surface area contributed by atoms with E-state index in [4.69, 9.17) is 26.1 Å². The average Bonchev–Trinajstić information content (AvgIpc) is 3.29. The maximum absolute atomic E-state index is 13.4. The molecule has 1 aliphatic heterocycles. The van der Waals surface area contributed by atoms with Crippen LogP contribution < -0.4 is 14.4 Å². The first-order valence-electron chi connectivity index (χ1n) is 10.2. The minimum Gasteiger partial charge on any atom is -0.497 e. The van der Waals surface area contributed by atoms with Crippen LogP contribution in [0.5, 0.6) is 11.5 Å². The fraction of sp³-hybridized carbons (Fsp3) is 0.318. The van der Waals surface area contributed by atoms with E-state index in [0.29, 0.717) is 32.6 Å². The van der Waals surface area contributed by atoms with Crippen molar-refractivity contribution in [2.24, 2.45) is 0 Å². The van der Waals surface area contributed by atoms with Crippen molar-refractivity contribution in [3.8, 4) is 11.5 Å². The number of sulfonamides is 1. The van der Waals surface area contributed by atoms with Crippen molar-refractivity contribution in [2.45, 2.75) is 11.3 Å². The monoisotopic (exact) mass is 511 g/mol. The van der Waals surface area contributed by atoms with Gasteiger partial charge in [0.05, 0.1) is 29.8 Å². The van der Waals surface area contributed by atoms with Crippen molar-refractivity contribution in [3.05, 3.63) is 63.9 Å². The number of nitrogens with zero attached hydrogens (tertiary/aromatic N) is 3. The van der Waals surface area contributed by atoms with Crippen LogP contribution in [-0.4, -0.2) is 58.1 Å². The number of piperazine rings is 1. The minimum atomic E-state index is -3.74. The second-order valence-corrected chi connectivity index (χ2v) is 10.6. The molecule has 0 N–H and O–H groups in total. The van der Waals surface area contributed by atoms with Gasteiger partial charge in [-0.1, -0.05) is 11.6 Å². The van der Waals surface area contributed by atoms with Crippen molar-refractivity contribution in [1.29, 1.82) is 0 Å². The highest BCUT2D eigenvalue weighted by Gasteiger charge is 2.30. The third-order valence-corrected chi connectivity index (χ3v) is 8.57. The first-order chi connectivity index (χ1) is 15.8. The van der Waals surface area contributed by atoms with Crippen LogP contribution in [0.25, 0.3) is 0 Å². The summed E-state index contributed by atoms with van der Waals surface area (Å²) in [6.07, 6.45) is 0.594. The standard InChI is InChI=1S/C22H23ClFN3O4S2/c1-30-17-3-6-21(31-2)15(12-17)11-16-14-32-22(25-16)26-7-9-27(10-8-26)33(28,29)18-4-5-20(24)19(23)13-18/h3-6,12-14H,7-11H2,1-2H3. The van der Waals surface area contributed by atoms with Crippen molar-refractivity contribution in [1.82, 2.24) is 9.29 Å². The van der Waals surface area contributed by atoms with Gasteiger partial charge in [0, 0.05) is 43.5 Å². The molecule has 0 unspecified atom stereocenters. The lowest BCUT2D eigenvalue weighted by Gasteiger charge is -2.33. The number of ether oxygens (including phenoxy) is 2. The minimum absolute atomic E-state index is 0.00822. The summed E-state index contributed by atoms with van der Waals surface area (Å²) in [5.74, 6) is 0.873. The van der Waals surface area contributed by atoms with E-state index < -0.39 is 15.8 Å². The third-order valence-electron chi connectivity index (χ3n) is 5.44. The van der Waals surface area contributed by atoms with E-state index in [-0.39, 0.29) is 9.92 Å². The molecule has 1 aliphatic rings. The van der Waals surface area contributed by atoms with E-state index in [9.17, 15) is 12.8 Å². The van der Waals surface area contributed by atoms with Crippen LogP contribution in [-0.2, 0) is 16.4 Å². The molecule has 11 heteroatoms. The van der Waals surface area contributed by atoms with Gasteiger partial charge >= 0.3 is 0 Å². The molecule has 0 atom stereocenters. The molecular weight excluding hydrogens is 489 g/mol. The lowest BCUT2D eigenvalue weighted by molar-refractivity contribution is 0.384. The van der Waals surface area contributed by atoms with Gasteiger partial charge in [0.2, 0.25) is 10.0 Å².